The second-order valence-corrected chi connectivity index (χ2v) is 8.98. The molecule has 0 saturated carbocycles. The Morgan fingerprint density at radius 1 is 1.33 bits per heavy atom. The number of thioether (sulfide) groups is 1. The van der Waals surface area contributed by atoms with Gasteiger partial charge in [-0.2, -0.15) is 0 Å². The van der Waals surface area contributed by atoms with E-state index in [-0.39, 0.29) is 16.8 Å². The van der Waals surface area contributed by atoms with Crippen LogP contribution < -0.4 is 5.32 Å². The number of aliphatic imine (C=N–C) groups is 1. The highest BCUT2D eigenvalue weighted by molar-refractivity contribution is 14.1. The monoisotopic (exact) mass is 565 g/mol. The molecule has 0 bridgehead atoms. The normalized spacial score (nSPS) is 25.0. The number of aromatic nitrogens is 1. The van der Waals surface area contributed by atoms with E-state index in [1.165, 1.54) is 19.1 Å². The van der Waals surface area contributed by atoms with Crippen molar-refractivity contribution in [3.8, 4) is 0 Å². The Kier molecular flexibility index (Phi) is 6.52. The first kappa shape index (κ1) is 20.7. The summed E-state index contributed by atoms with van der Waals surface area (Å²) in [6, 6.07) is 11.3. The Balaban J connectivity index is 2.00. The zero-order valence-electron chi connectivity index (χ0n) is 14.1. The summed E-state index contributed by atoms with van der Waals surface area (Å²) in [6.07, 6.45) is -1.46. The fraction of sp³-hybridized carbons (Fsp3) is 0.278. The van der Waals surface area contributed by atoms with E-state index >= 15 is 4.39 Å². The molecular formula is C18H15BrF2IN3OS. The number of amides is 1. The summed E-state index contributed by atoms with van der Waals surface area (Å²) in [5.41, 5.74) is -1.18. The van der Waals surface area contributed by atoms with Gasteiger partial charge in [0.2, 0.25) is 0 Å². The van der Waals surface area contributed by atoms with Gasteiger partial charge in [0.1, 0.15) is 27.8 Å². The van der Waals surface area contributed by atoms with Crippen LogP contribution in [0.2, 0.25) is 0 Å². The second-order valence-electron chi connectivity index (χ2n) is 6.06. The van der Waals surface area contributed by atoms with E-state index in [0.29, 0.717) is 14.6 Å². The largest absolute Gasteiger partial charge is 0.301 e. The van der Waals surface area contributed by atoms with Crippen LogP contribution in [0.5, 0.6) is 0 Å². The Bertz CT molecular complexity index is 886. The van der Waals surface area contributed by atoms with Crippen LogP contribution in [0, 0.1) is 5.82 Å². The first-order valence-electron chi connectivity index (χ1n) is 8.00. The third-order valence-corrected chi connectivity index (χ3v) is 7.27. The Morgan fingerprint density at radius 3 is 2.70 bits per heavy atom. The van der Waals surface area contributed by atoms with E-state index in [9.17, 15) is 9.18 Å². The Labute approximate surface area is 181 Å². The summed E-state index contributed by atoms with van der Waals surface area (Å²) >= 11 is 6.42. The molecule has 0 unspecified atom stereocenters. The van der Waals surface area contributed by atoms with Crippen molar-refractivity contribution in [1.29, 1.82) is 0 Å². The molecule has 1 aliphatic rings. The summed E-state index contributed by atoms with van der Waals surface area (Å²) in [5, 5.41) is 2.47. The van der Waals surface area contributed by atoms with Crippen LogP contribution in [0.1, 0.15) is 23.0 Å². The maximum Gasteiger partial charge on any atom is 0.257 e. The summed E-state index contributed by atoms with van der Waals surface area (Å²) < 4.78 is 30.6. The average Bonchev–Trinajstić information content (AvgIpc) is 2.67. The SMILES string of the molecule is C[C@]1(c2nc(Br)ccc2F)N=C(NC(=O)c2ccccc2)S[C@H](CI)[C@@H]1F. The van der Waals surface area contributed by atoms with Gasteiger partial charge in [-0.3, -0.25) is 4.79 Å². The van der Waals surface area contributed by atoms with Crippen molar-refractivity contribution in [3.63, 3.8) is 0 Å². The van der Waals surface area contributed by atoms with Crippen molar-refractivity contribution in [1.82, 2.24) is 10.3 Å². The maximum absolute atomic E-state index is 15.3. The van der Waals surface area contributed by atoms with Gasteiger partial charge in [0.25, 0.3) is 5.91 Å². The topological polar surface area (TPSA) is 54.4 Å². The fourth-order valence-electron chi connectivity index (χ4n) is 2.75. The van der Waals surface area contributed by atoms with Gasteiger partial charge in [0.05, 0.1) is 5.25 Å². The molecule has 0 fully saturated rings. The maximum atomic E-state index is 15.3. The predicted octanol–water partition coefficient (Wildman–Crippen LogP) is 4.87. The van der Waals surface area contributed by atoms with Crippen LogP contribution in [0.25, 0.3) is 0 Å². The van der Waals surface area contributed by atoms with Gasteiger partial charge < -0.3 is 5.32 Å². The molecule has 1 amide bonds. The van der Waals surface area contributed by atoms with Gasteiger partial charge in [-0.15, -0.1) is 0 Å². The average molecular weight is 566 g/mol. The third-order valence-electron chi connectivity index (χ3n) is 4.16. The van der Waals surface area contributed by atoms with Crippen LogP contribution in [0.15, 0.2) is 52.1 Å². The minimum Gasteiger partial charge on any atom is -0.301 e. The third kappa shape index (κ3) is 4.34. The minimum absolute atomic E-state index is 0.0917. The van der Waals surface area contributed by atoms with Crippen LogP contribution >= 0.6 is 50.3 Å². The predicted molar refractivity (Wildman–Crippen MR) is 116 cm³/mol. The number of nitrogens with one attached hydrogen (secondary N) is 1. The van der Waals surface area contributed by atoms with Gasteiger partial charge in [0.15, 0.2) is 5.17 Å². The first-order valence-corrected chi connectivity index (χ1v) is 11.2. The number of hydrogen-bond acceptors (Lipinski definition) is 4. The van der Waals surface area contributed by atoms with E-state index in [1.54, 1.807) is 24.3 Å². The lowest BCUT2D eigenvalue weighted by Crippen LogP contribution is -2.48. The minimum atomic E-state index is -1.55. The molecular weight excluding hydrogens is 551 g/mol. The molecule has 9 heteroatoms. The second kappa shape index (κ2) is 8.52. The van der Waals surface area contributed by atoms with E-state index < -0.39 is 22.8 Å². The van der Waals surface area contributed by atoms with Crippen molar-refractivity contribution in [2.45, 2.75) is 23.9 Å². The molecule has 4 nitrogen and oxygen atoms in total. The molecule has 3 rings (SSSR count). The number of hydrogen-bond donors (Lipinski definition) is 1. The van der Waals surface area contributed by atoms with Gasteiger partial charge in [0, 0.05) is 9.99 Å². The van der Waals surface area contributed by atoms with Gasteiger partial charge >= 0.3 is 0 Å². The number of pyridine rings is 1. The van der Waals surface area contributed by atoms with Gasteiger partial charge in [-0.25, -0.2) is 18.8 Å². The molecule has 1 aromatic carbocycles. The van der Waals surface area contributed by atoms with Crippen LogP contribution in [-0.4, -0.2) is 31.9 Å². The number of carbonyl (C=O) groups is 1. The summed E-state index contributed by atoms with van der Waals surface area (Å²) in [6.45, 7) is 1.50. The smallest absolute Gasteiger partial charge is 0.257 e. The standard InChI is InChI=1S/C18H15BrF2IN3OS/c1-18(15-11(20)7-8-13(19)23-15)14(21)12(9-22)27-17(25-18)24-16(26)10-5-3-2-4-6-10/h2-8,12,14H,9H2,1H3,(H,24,25,26)/t12-,14+,18+/m1/s1. The number of alkyl halides is 2. The zero-order valence-corrected chi connectivity index (χ0v) is 18.7. The van der Waals surface area contributed by atoms with Gasteiger partial charge in [-0.05, 0) is 47.1 Å². The molecule has 2 aromatic rings. The summed E-state index contributed by atoms with van der Waals surface area (Å²) in [4.78, 5) is 21.0. The van der Waals surface area contributed by atoms with E-state index in [2.05, 4.69) is 53.8 Å². The molecule has 142 valence electrons. The molecule has 1 N–H and O–H groups in total. The Hall–Kier alpha value is -1.07. The highest BCUT2D eigenvalue weighted by Gasteiger charge is 2.48. The van der Waals surface area contributed by atoms with Crippen LogP contribution in [-0.2, 0) is 5.54 Å². The number of benzene rings is 1. The quantitative estimate of drug-likeness (QED) is 0.328. The zero-order chi connectivity index (χ0) is 19.6. The molecule has 1 aromatic heterocycles. The highest BCUT2D eigenvalue weighted by atomic mass is 127. The lowest BCUT2D eigenvalue weighted by molar-refractivity contribution is 0.0976. The van der Waals surface area contributed by atoms with Crippen molar-refractivity contribution in [3.05, 3.63) is 64.1 Å². The molecule has 1 aliphatic heterocycles. The van der Waals surface area contributed by atoms with Gasteiger partial charge in [-0.1, -0.05) is 52.6 Å². The van der Waals surface area contributed by atoms with Crippen molar-refractivity contribution < 1.29 is 13.6 Å². The lowest BCUT2D eigenvalue weighted by atomic mass is 9.89. The molecule has 2 heterocycles. The Morgan fingerprint density at radius 2 is 2.04 bits per heavy atom. The molecule has 0 radical (unpaired) electrons. The first-order chi connectivity index (χ1) is 12.8. The van der Waals surface area contributed by atoms with E-state index in [1.807, 2.05) is 6.07 Å². The number of amidine groups is 1. The number of carbonyl (C=O) groups excluding carboxylic acids is 1. The fourth-order valence-corrected chi connectivity index (χ4v) is 5.17. The molecule has 0 saturated heterocycles. The molecule has 3 atom stereocenters. The molecule has 0 aliphatic carbocycles. The number of nitrogens with zero attached hydrogens (tertiary/aromatic N) is 2. The van der Waals surface area contributed by atoms with Crippen LogP contribution in [0.4, 0.5) is 8.78 Å². The van der Waals surface area contributed by atoms with E-state index in [0.717, 1.165) is 11.8 Å². The van der Waals surface area contributed by atoms with Crippen molar-refractivity contribution in [2.24, 2.45) is 4.99 Å². The van der Waals surface area contributed by atoms with Crippen LogP contribution in [0.3, 0.4) is 0 Å². The highest BCUT2D eigenvalue weighted by Crippen LogP contribution is 2.42. The molecule has 27 heavy (non-hydrogen) atoms. The number of rotatable bonds is 3. The molecule has 0 spiro atoms. The summed E-state index contributed by atoms with van der Waals surface area (Å²) in [7, 11) is 0. The lowest BCUT2D eigenvalue weighted by Gasteiger charge is -2.37. The van der Waals surface area contributed by atoms with Crippen molar-refractivity contribution >= 4 is 61.4 Å². The van der Waals surface area contributed by atoms with E-state index in [4.69, 9.17) is 0 Å². The van der Waals surface area contributed by atoms with Crippen molar-refractivity contribution in [2.75, 3.05) is 4.43 Å². The number of halogens is 4. The summed E-state index contributed by atoms with van der Waals surface area (Å²) in [5.74, 6) is -0.990.